The molecule has 358 valence electrons. The molecule has 0 bridgehead atoms. The predicted molar refractivity (Wildman–Crippen MR) is 256 cm³/mol. The van der Waals surface area contributed by atoms with Gasteiger partial charge in [0.25, 0.3) is 0 Å². The van der Waals surface area contributed by atoms with Gasteiger partial charge in [-0.2, -0.15) is 0 Å². The Labute approximate surface area is 408 Å². The van der Waals surface area contributed by atoms with Crippen LogP contribution in [-0.2, 0) is 46.3 Å². The molecule has 4 atom stereocenters. The van der Waals surface area contributed by atoms with Crippen molar-refractivity contribution in [1.29, 1.82) is 0 Å². The Morgan fingerprint density at radius 2 is 0.986 bits per heavy atom. The molecule has 5 N–H and O–H groups in total. The Morgan fingerprint density at radius 1 is 0.609 bits per heavy atom. The highest BCUT2D eigenvalue weighted by atomic mass is 35.5. The second-order valence-electron chi connectivity index (χ2n) is 14.3. The maximum Gasteiger partial charge on any atom is 0.374 e. The van der Waals surface area contributed by atoms with E-state index < -0.39 is 77.5 Å². The molecule has 0 aliphatic rings. The summed E-state index contributed by atoms with van der Waals surface area (Å²) < 4.78 is 32.7. The first-order valence-electron chi connectivity index (χ1n) is 20.4. The van der Waals surface area contributed by atoms with Crippen molar-refractivity contribution in [3.63, 3.8) is 0 Å². The Balaban J connectivity index is 0.000000567. The third kappa shape index (κ3) is 23.0. The highest BCUT2D eigenvalue weighted by Gasteiger charge is 2.27. The van der Waals surface area contributed by atoms with Gasteiger partial charge in [-0.15, -0.1) is 19.3 Å². The number of benzene rings is 4. The van der Waals surface area contributed by atoms with Crippen LogP contribution in [0, 0.1) is 84.2 Å². The number of aliphatic hydroxyl groups is 2. The summed E-state index contributed by atoms with van der Waals surface area (Å²) in [4.78, 5) is 67.8. The molecule has 4 rings (SSSR count). The van der Waals surface area contributed by atoms with Crippen LogP contribution in [0.25, 0.3) is 22.3 Å². The molecular weight excluding hydrogens is 937 g/mol. The number of carboxylic acids is 3. The van der Waals surface area contributed by atoms with Crippen molar-refractivity contribution < 1.29 is 67.8 Å². The molecule has 16 heteroatoms. The first-order chi connectivity index (χ1) is 32.7. The zero-order valence-corrected chi connectivity index (χ0v) is 38.7. The van der Waals surface area contributed by atoms with E-state index in [-0.39, 0.29) is 38.7 Å². The number of ketones is 2. The Hall–Kier alpha value is -7.74. The van der Waals surface area contributed by atoms with Crippen LogP contribution >= 0.6 is 23.2 Å². The molecule has 0 aromatic heterocycles. The van der Waals surface area contributed by atoms with Crippen LogP contribution < -0.4 is 0 Å². The number of aliphatic hydroxyl groups excluding tert-OH is 2. The number of Topliss-reactive ketones (excluding diaryl/α,β-unsaturated/α-hetero) is 2. The molecule has 0 heterocycles. The average molecular weight is 984 g/mol. The van der Waals surface area contributed by atoms with E-state index in [0.29, 0.717) is 37.9 Å². The lowest BCUT2D eigenvalue weighted by molar-refractivity contribution is -0.154. The molecule has 4 aromatic carbocycles. The molecule has 0 fully saturated rings. The number of hydrogen-bond acceptors (Lipinski definition) is 9. The van der Waals surface area contributed by atoms with Gasteiger partial charge in [0.2, 0.25) is 11.6 Å². The fourth-order valence-electron chi connectivity index (χ4n) is 6.11. The van der Waals surface area contributed by atoms with Crippen molar-refractivity contribution in [3.8, 4) is 83.0 Å². The van der Waals surface area contributed by atoms with Gasteiger partial charge in [-0.3, -0.25) is 9.59 Å². The highest BCUT2D eigenvalue weighted by molar-refractivity contribution is 6.33. The minimum Gasteiger partial charge on any atom is -0.479 e. The minimum atomic E-state index is -1.70. The van der Waals surface area contributed by atoms with E-state index in [9.17, 15) is 47.8 Å². The second kappa shape index (κ2) is 32.0. The van der Waals surface area contributed by atoms with E-state index in [1.165, 1.54) is 36.4 Å². The number of rotatable bonds is 19. The van der Waals surface area contributed by atoms with Crippen molar-refractivity contribution in [2.24, 2.45) is 11.8 Å². The summed E-state index contributed by atoms with van der Waals surface area (Å²) in [5.74, 6) is 6.27. The van der Waals surface area contributed by atoms with Crippen LogP contribution in [0.4, 0.5) is 8.78 Å². The first-order valence-corrected chi connectivity index (χ1v) is 21.1. The summed E-state index contributed by atoms with van der Waals surface area (Å²) in [5.41, 5.74) is 3.26. The lowest BCUT2D eigenvalue weighted by atomic mass is 9.88. The molecular formula is C53H46Cl2F2O12. The number of carboxylic acid groups (broad SMARTS) is 3. The second-order valence-corrected chi connectivity index (χ2v) is 15.2. The number of hydrogen-bond donors (Lipinski definition) is 5. The molecule has 0 radical (unpaired) electrons. The van der Waals surface area contributed by atoms with E-state index >= 15 is 0 Å². The summed E-state index contributed by atoms with van der Waals surface area (Å²) in [7, 11) is 0. The maximum atomic E-state index is 14.0. The Morgan fingerprint density at radius 3 is 1.29 bits per heavy atom. The number of carbonyl (C=O) groups is 6. The fourth-order valence-corrected chi connectivity index (χ4v) is 6.45. The van der Waals surface area contributed by atoms with Crippen LogP contribution in [0.5, 0.6) is 0 Å². The third-order valence-corrected chi connectivity index (χ3v) is 9.68. The number of esters is 1. The van der Waals surface area contributed by atoms with Gasteiger partial charge in [-0.05, 0) is 146 Å². The molecule has 0 amide bonds. The average Bonchev–Trinajstić information content (AvgIpc) is 3.31. The van der Waals surface area contributed by atoms with Crippen LogP contribution in [0.15, 0.2) is 84.9 Å². The van der Waals surface area contributed by atoms with Crippen molar-refractivity contribution >= 4 is 58.6 Å². The third-order valence-electron chi connectivity index (χ3n) is 9.21. The van der Waals surface area contributed by atoms with Crippen molar-refractivity contribution in [2.75, 3.05) is 6.61 Å². The molecule has 0 spiro atoms. The van der Waals surface area contributed by atoms with Gasteiger partial charge < -0.3 is 30.3 Å². The minimum absolute atomic E-state index is 0.0501. The largest absolute Gasteiger partial charge is 0.479 e. The summed E-state index contributed by atoms with van der Waals surface area (Å²) >= 11 is 11.8. The molecule has 0 saturated heterocycles. The number of terminal acetylenes is 3. The van der Waals surface area contributed by atoms with Gasteiger partial charge in [0.05, 0.1) is 6.61 Å². The predicted octanol–water partition coefficient (Wildman–Crippen LogP) is 7.75. The maximum absolute atomic E-state index is 14.0. The van der Waals surface area contributed by atoms with E-state index in [0.717, 1.165) is 5.56 Å². The standard InChI is InChI=1S/C22H22ClFO6.C20H18ClFO6.C6H2.C5H4/c1-2-30-22(29)20(26)11-14(10-19(25)21(27)28)9-13-3-5-15(6-4-13)17-12-16(23)7-8-18(17)24;21-14-5-6-16(22)15(10-14)13-3-1-11(2-4-13)7-12(8-17(23)19(25)26)9-18(24)20(27)28;1-3-5-6-4-2;1-3-5-4-2/h3-8,12,14,19,25H,2,9-11H2,1H3,(H,27,28);1-6,10,12,17,23H,7-9H2,(H,25,26)(H,27,28);1-2H;1H,2H3/t14-,19-;12-,17-;;/m11../s1. The van der Waals surface area contributed by atoms with Crippen LogP contribution in [0.1, 0.15) is 50.7 Å². The Kier molecular flexibility index (Phi) is 27.5. The van der Waals surface area contributed by atoms with Crippen LogP contribution in [0.3, 0.4) is 0 Å². The molecule has 12 nitrogen and oxygen atoms in total. The number of aliphatic carboxylic acids is 3. The monoisotopic (exact) mass is 982 g/mol. The van der Waals surface area contributed by atoms with E-state index in [4.69, 9.17) is 57.8 Å². The summed E-state index contributed by atoms with van der Waals surface area (Å²) in [6.45, 7) is 3.33. The van der Waals surface area contributed by atoms with Gasteiger partial charge in [0.1, 0.15) is 11.6 Å². The van der Waals surface area contributed by atoms with Crippen molar-refractivity contribution in [2.45, 2.75) is 64.6 Å². The number of ether oxygens (including phenoxy) is 1. The lowest BCUT2D eigenvalue weighted by Crippen LogP contribution is -2.27. The molecule has 69 heavy (non-hydrogen) atoms. The Bertz CT molecular complexity index is 2660. The van der Waals surface area contributed by atoms with Crippen molar-refractivity contribution in [1.82, 2.24) is 0 Å². The number of carbonyl (C=O) groups excluding carboxylic acids is 3. The van der Waals surface area contributed by atoms with E-state index in [2.05, 4.69) is 46.2 Å². The molecule has 0 saturated carbocycles. The SMILES string of the molecule is C#CC#CC.C#CC#CC#C.CCOC(=O)C(=O)C[C@H](Cc1ccc(-c2cc(Cl)ccc2F)cc1)C[C@@H](O)C(=O)O.O=C(O)C(=O)C[C@H](Cc1ccc(-c2cc(Cl)ccc2F)cc1)C[C@@H](O)C(=O)O. The van der Waals surface area contributed by atoms with Gasteiger partial charge >= 0.3 is 23.9 Å². The molecule has 0 aliphatic heterocycles. The molecule has 0 aliphatic carbocycles. The van der Waals surface area contributed by atoms with Crippen LogP contribution in [0.2, 0.25) is 10.0 Å². The van der Waals surface area contributed by atoms with Crippen LogP contribution in [-0.4, -0.2) is 79.8 Å². The van der Waals surface area contributed by atoms with Gasteiger partial charge in [-0.25, -0.2) is 28.0 Å². The van der Waals surface area contributed by atoms with Gasteiger partial charge in [-0.1, -0.05) is 77.7 Å². The van der Waals surface area contributed by atoms with E-state index in [1.807, 2.05) is 0 Å². The van der Waals surface area contributed by atoms with Gasteiger partial charge in [0.15, 0.2) is 12.2 Å². The molecule has 0 unspecified atom stereocenters. The van der Waals surface area contributed by atoms with E-state index in [1.54, 1.807) is 62.4 Å². The summed E-state index contributed by atoms with van der Waals surface area (Å²) in [6, 6.07) is 21.8. The van der Waals surface area contributed by atoms with Crippen molar-refractivity contribution in [3.05, 3.63) is 118 Å². The lowest BCUT2D eigenvalue weighted by Gasteiger charge is -2.18. The quantitative estimate of drug-likeness (QED) is 0.0347. The zero-order chi connectivity index (χ0) is 52.1. The normalized spacial score (nSPS) is 11.3. The summed E-state index contributed by atoms with van der Waals surface area (Å²) in [6.07, 6.45) is 10.0. The topological polar surface area (TPSA) is 213 Å². The summed E-state index contributed by atoms with van der Waals surface area (Å²) in [5, 5.41) is 46.6. The zero-order valence-electron chi connectivity index (χ0n) is 37.2. The fraction of sp³-hybridized carbons (Fsp3) is 0.245. The smallest absolute Gasteiger partial charge is 0.374 e. The molecule has 4 aromatic rings. The first kappa shape index (κ1) is 59.3. The highest BCUT2D eigenvalue weighted by Crippen LogP contribution is 2.29. The number of halogens is 4. The van der Waals surface area contributed by atoms with Gasteiger partial charge in [0, 0.05) is 34.0 Å².